The fourth-order valence-corrected chi connectivity index (χ4v) is 3.48. The summed E-state index contributed by atoms with van der Waals surface area (Å²) in [5.74, 6) is 1.00. The molecule has 0 aliphatic rings. The van der Waals surface area contributed by atoms with E-state index in [1.54, 1.807) is 18.2 Å². The van der Waals surface area contributed by atoms with Gasteiger partial charge >= 0.3 is 0 Å². The predicted molar refractivity (Wildman–Crippen MR) is 108 cm³/mol. The predicted octanol–water partition coefficient (Wildman–Crippen LogP) is 4.67. The number of ether oxygens (including phenoxy) is 2. The van der Waals surface area contributed by atoms with E-state index >= 15 is 0 Å². The molecule has 0 atom stereocenters. The van der Waals surface area contributed by atoms with Crippen LogP contribution in [0.4, 0.5) is 5.69 Å². The van der Waals surface area contributed by atoms with Crippen molar-refractivity contribution in [1.29, 1.82) is 0 Å². The lowest BCUT2D eigenvalue weighted by molar-refractivity contribution is 0.267. The third kappa shape index (κ3) is 5.78. The van der Waals surface area contributed by atoms with E-state index in [0.717, 1.165) is 16.4 Å². The largest absolute Gasteiger partial charge is 0.490 e. The molecule has 136 valence electrons. The minimum atomic E-state index is -3.70. The van der Waals surface area contributed by atoms with Crippen LogP contribution in [-0.2, 0) is 10.0 Å². The van der Waals surface area contributed by atoms with Gasteiger partial charge < -0.3 is 9.47 Å². The Kier molecular flexibility index (Phi) is 7.37. The highest BCUT2D eigenvalue weighted by molar-refractivity contribution is 14.1. The van der Waals surface area contributed by atoms with E-state index in [1.807, 2.05) is 26.0 Å². The Morgan fingerprint density at radius 1 is 0.920 bits per heavy atom. The summed E-state index contributed by atoms with van der Waals surface area (Å²) in [4.78, 5) is 0.140. The highest BCUT2D eigenvalue weighted by Crippen LogP contribution is 2.31. The molecule has 0 heterocycles. The molecule has 7 heteroatoms. The van der Waals surface area contributed by atoms with Crippen LogP contribution in [0.2, 0.25) is 0 Å². The van der Waals surface area contributed by atoms with E-state index < -0.39 is 10.0 Å². The first-order chi connectivity index (χ1) is 12.0. The monoisotopic (exact) mass is 475 g/mol. The smallest absolute Gasteiger partial charge is 0.262 e. The van der Waals surface area contributed by atoms with Gasteiger partial charge in [-0.15, -0.1) is 0 Å². The number of hydrogen-bond acceptors (Lipinski definition) is 4. The fourth-order valence-electron chi connectivity index (χ4n) is 2.04. The van der Waals surface area contributed by atoms with Gasteiger partial charge in [-0.25, -0.2) is 8.42 Å². The lowest BCUT2D eigenvalue weighted by atomic mass is 10.3. The third-order valence-electron chi connectivity index (χ3n) is 3.25. The molecule has 0 spiro atoms. The molecule has 5 nitrogen and oxygen atoms in total. The number of rotatable bonds is 9. The molecule has 2 rings (SSSR count). The summed E-state index contributed by atoms with van der Waals surface area (Å²) in [6, 6.07) is 11.8. The molecule has 0 radical (unpaired) electrons. The maximum atomic E-state index is 12.6. The van der Waals surface area contributed by atoms with Gasteiger partial charge in [-0.3, -0.25) is 4.72 Å². The van der Waals surface area contributed by atoms with Crippen LogP contribution in [0.15, 0.2) is 47.4 Å². The first-order valence-corrected chi connectivity index (χ1v) is 10.7. The first kappa shape index (κ1) is 19.8. The summed E-state index contributed by atoms with van der Waals surface area (Å²) in [6.07, 6.45) is 1.69. The molecule has 0 aliphatic heterocycles. The topological polar surface area (TPSA) is 64.6 Å². The zero-order valence-electron chi connectivity index (χ0n) is 14.3. The summed E-state index contributed by atoms with van der Waals surface area (Å²) >= 11 is 2.17. The van der Waals surface area contributed by atoms with Crippen molar-refractivity contribution < 1.29 is 17.9 Å². The van der Waals surface area contributed by atoms with Crippen molar-refractivity contribution >= 4 is 38.3 Å². The number of nitrogens with one attached hydrogen (secondary N) is 1. The van der Waals surface area contributed by atoms with Crippen molar-refractivity contribution in [3.63, 3.8) is 0 Å². The van der Waals surface area contributed by atoms with Gasteiger partial charge in [-0.1, -0.05) is 13.8 Å². The summed E-state index contributed by atoms with van der Waals surface area (Å²) in [6.45, 7) is 5.05. The third-order valence-corrected chi connectivity index (χ3v) is 5.34. The highest BCUT2D eigenvalue weighted by atomic mass is 127. The quantitative estimate of drug-likeness (QED) is 0.536. The first-order valence-electron chi connectivity index (χ1n) is 8.14. The summed E-state index contributed by atoms with van der Waals surface area (Å²) in [7, 11) is -3.70. The van der Waals surface area contributed by atoms with Crippen molar-refractivity contribution in [1.82, 2.24) is 0 Å². The van der Waals surface area contributed by atoms with Crippen LogP contribution in [0.25, 0.3) is 0 Å². The lowest BCUT2D eigenvalue weighted by Crippen LogP contribution is -2.13. The van der Waals surface area contributed by atoms with Crippen LogP contribution >= 0.6 is 22.6 Å². The number of benzene rings is 2. The standard InChI is InChI=1S/C18H22INO4S/c1-3-11-23-17-10-9-16(13-18(17)24-12-4-2)25(21,22)20-15-7-5-14(19)6-8-15/h5-10,13,20H,3-4,11-12H2,1-2H3. The normalized spacial score (nSPS) is 11.2. The minimum Gasteiger partial charge on any atom is -0.490 e. The average Bonchev–Trinajstić information content (AvgIpc) is 2.60. The summed E-state index contributed by atoms with van der Waals surface area (Å²) in [5, 5.41) is 0. The van der Waals surface area contributed by atoms with Gasteiger partial charge in [0.25, 0.3) is 10.0 Å². The van der Waals surface area contributed by atoms with Crippen LogP contribution in [-0.4, -0.2) is 21.6 Å². The van der Waals surface area contributed by atoms with Gasteiger partial charge in [0.2, 0.25) is 0 Å². The molecule has 0 bridgehead atoms. The zero-order chi connectivity index (χ0) is 18.3. The molecular formula is C18H22INO4S. The van der Waals surface area contributed by atoms with Gasteiger partial charge in [0.15, 0.2) is 11.5 Å². The van der Waals surface area contributed by atoms with E-state index in [2.05, 4.69) is 27.3 Å². The van der Waals surface area contributed by atoms with Crippen molar-refractivity contribution in [3.05, 3.63) is 46.0 Å². The van der Waals surface area contributed by atoms with Crippen LogP contribution in [0.5, 0.6) is 11.5 Å². The van der Waals surface area contributed by atoms with Crippen molar-refractivity contribution in [2.75, 3.05) is 17.9 Å². The summed E-state index contributed by atoms with van der Waals surface area (Å²) in [5.41, 5.74) is 0.516. The summed E-state index contributed by atoms with van der Waals surface area (Å²) < 4.78 is 40.2. The zero-order valence-corrected chi connectivity index (χ0v) is 17.3. The average molecular weight is 475 g/mol. The molecule has 2 aromatic carbocycles. The SMILES string of the molecule is CCCOc1ccc(S(=O)(=O)Nc2ccc(I)cc2)cc1OCCC. The van der Waals surface area contributed by atoms with Crippen LogP contribution in [0, 0.1) is 3.57 Å². The Balaban J connectivity index is 2.27. The van der Waals surface area contributed by atoms with Crippen molar-refractivity contribution in [2.45, 2.75) is 31.6 Å². The molecular weight excluding hydrogens is 453 g/mol. The van der Waals surface area contributed by atoms with Gasteiger partial charge in [0, 0.05) is 15.3 Å². The molecule has 0 amide bonds. The van der Waals surface area contributed by atoms with E-state index in [4.69, 9.17) is 9.47 Å². The van der Waals surface area contributed by atoms with Gasteiger partial charge in [0.1, 0.15) is 0 Å². The lowest BCUT2D eigenvalue weighted by Gasteiger charge is -2.14. The number of anilines is 1. The Morgan fingerprint density at radius 3 is 2.12 bits per heavy atom. The van der Waals surface area contributed by atoms with Gasteiger partial charge in [-0.05, 0) is 71.8 Å². The molecule has 0 unspecified atom stereocenters. The van der Waals surface area contributed by atoms with E-state index in [9.17, 15) is 8.42 Å². The van der Waals surface area contributed by atoms with E-state index in [-0.39, 0.29) is 4.90 Å². The highest BCUT2D eigenvalue weighted by Gasteiger charge is 2.17. The minimum absolute atomic E-state index is 0.140. The molecule has 2 aromatic rings. The van der Waals surface area contributed by atoms with Gasteiger partial charge in [-0.2, -0.15) is 0 Å². The Bertz CT molecular complexity index is 791. The maximum Gasteiger partial charge on any atom is 0.262 e. The Morgan fingerprint density at radius 2 is 1.52 bits per heavy atom. The van der Waals surface area contributed by atoms with Crippen LogP contribution in [0.3, 0.4) is 0 Å². The van der Waals surface area contributed by atoms with E-state index in [1.165, 1.54) is 12.1 Å². The number of sulfonamides is 1. The molecule has 0 saturated carbocycles. The Hall–Kier alpha value is -1.48. The van der Waals surface area contributed by atoms with Crippen LogP contribution in [0.1, 0.15) is 26.7 Å². The van der Waals surface area contributed by atoms with E-state index in [0.29, 0.717) is 30.4 Å². The molecule has 0 aliphatic carbocycles. The van der Waals surface area contributed by atoms with Crippen molar-refractivity contribution in [3.8, 4) is 11.5 Å². The molecule has 1 N–H and O–H groups in total. The van der Waals surface area contributed by atoms with Gasteiger partial charge in [0.05, 0.1) is 18.1 Å². The molecule has 0 saturated heterocycles. The second kappa shape index (κ2) is 9.28. The number of hydrogen-bond donors (Lipinski definition) is 1. The number of halogens is 1. The second-order valence-electron chi connectivity index (χ2n) is 5.42. The molecule has 0 aromatic heterocycles. The fraction of sp³-hybridized carbons (Fsp3) is 0.333. The Labute approximate surface area is 162 Å². The van der Waals surface area contributed by atoms with Crippen LogP contribution < -0.4 is 14.2 Å². The molecule has 0 fully saturated rings. The molecule has 25 heavy (non-hydrogen) atoms. The second-order valence-corrected chi connectivity index (χ2v) is 8.35. The van der Waals surface area contributed by atoms with Crippen molar-refractivity contribution in [2.24, 2.45) is 0 Å². The maximum absolute atomic E-state index is 12.6.